The Labute approximate surface area is 216 Å². The zero-order valence-corrected chi connectivity index (χ0v) is 22.2. The van der Waals surface area contributed by atoms with Crippen molar-refractivity contribution >= 4 is 23.2 Å². The second-order valence-electron chi connectivity index (χ2n) is 9.69. The van der Waals surface area contributed by atoms with Crippen LogP contribution in [0.1, 0.15) is 56.1 Å². The van der Waals surface area contributed by atoms with E-state index < -0.39 is 0 Å². The molecule has 2 aromatic carbocycles. The average molecular weight is 508 g/mol. The maximum absolute atomic E-state index is 5.96. The second kappa shape index (κ2) is 15.8. The quantitative estimate of drug-likeness (QED) is 0.174. The Morgan fingerprint density at radius 3 is 1.41 bits per heavy atom. The summed E-state index contributed by atoms with van der Waals surface area (Å²) in [4.78, 5) is 0. The van der Waals surface area contributed by atoms with Crippen molar-refractivity contribution in [3.8, 4) is 0 Å². The monoisotopic (exact) mass is 506 g/mol. The van der Waals surface area contributed by atoms with E-state index in [1.54, 1.807) is 0 Å². The van der Waals surface area contributed by atoms with Crippen LogP contribution in [0, 0.1) is 0 Å². The van der Waals surface area contributed by atoms with Gasteiger partial charge in [-0.25, -0.2) is 0 Å². The molecule has 1 saturated heterocycles. The summed E-state index contributed by atoms with van der Waals surface area (Å²) in [5.74, 6) is 0. The van der Waals surface area contributed by atoms with Crippen LogP contribution in [0.5, 0.6) is 0 Å². The molecule has 34 heavy (non-hydrogen) atoms. The summed E-state index contributed by atoms with van der Waals surface area (Å²) in [5.41, 5.74) is 2.66. The summed E-state index contributed by atoms with van der Waals surface area (Å²) in [6, 6.07) is 16.3. The molecular weight excluding hydrogens is 465 g/mol. The molecule has 0 saturated carbocycles. The third-order valence-corrected chi connectivity index (χ3v) is 7.45. The van der Waals surface area contributed by atoms with E-state index in [9.17, 15) is 0 Å². The second-order valence-corrected chi connectivity index (χ2v) is 10.6. The fraction of sp³-hybridized carbons (Fsp3) is 0.586. The smallest absolute Gasteiger partial charge is 0.0808 e. The molecule has 0 aliphatic carbocycles. The highest BCUT2D eigenvalue weighted by Gasteiger charge is 2.28. The lowest BCUT2D eigenvalue weighted by atomic mass is 10.1. The van der Waals surface area contributed by atoms with Gasteiger partial charge in [-0.15, -0.1) is 0 Å². The first-order valence-electron chi connectivity index (χ1n) is 13.1. The number of nitrogens with zero attached hydrogens (tertiary/aromatic N) is 1. The molecule has 1 aliphatic heterocycles. The molecule has 0 spiro atoms. The van der Waals surface area contributed by atoms with Crippen LogP contribution in [0.2, 0.25) is 10.0 Å². The van der Waals surface area contributed by atoms with Gasteiger partial charge in [-0.05, 0) is 80.3 Å². The highest BCUT2D eigenvalue weighted by atomic mass is 35.5. The Bertz CT molecular complexity index is 727. The topological polar surface area (TPSA) is 18.5 Å². The molecule has 1 heterocycles. The molecule has 3 nitrogen and oxygen atoms in total. The van der Waals surface area contributed by atoms with Gasteiger partial charge in [0, 0.05) is 36.1 Å². The number of rotatable bonds is 16. The van der Waals surface area contributed by atoms with Gasteiger partial charge in [0.1, 0.15) is 0 Å². The number of ether oxygens (including phenoxy) is 2. The van der Waals surface area contributed by atoms with E-state index in [2.05, 4.69) is 24.3 Å². The Kier molecular flexibility index (Phi) is 12.8. The predicted molar refractivity (Wildman–Crippen MR) is 144 cm³/mol. The fourth-order valence-electron chi connectivity index (χ4n) is 5.01. The third kappa shape index (κ3) is 10.7. The van der Waals surface area contributed by atoms with Gasteiger partial charge < -0.3 is 14.0 Å². The first-order chi connectivity index (χ1) is 16.7. The molecule has 0 atom stereocenters. The number of likely N-dealkylation sites (tertiary alicyclic amines) is 1. The number of aryl methyl sites for hydroxylation is 2. The minimum Gasteiger partial charge on any atom is -0.381 e. The summed E-state index contributed by atoms with van der Waals surface area (Å²) in [7, 11) is 0. The van der Waals surface area contributed by atoms with Gasteiger partial charge in [0.15, 0.2) is 0 Å². The van der Waals surface area contributed by atoms with Crippen LogP contribution in [0.15, 0.2) is 48.5 Å². The first kappa shape index (κ1) is 27.5. The fourth-order valence-corrected chi connectivity index (χ4v) is 5.26. The molecule has 0 radical (unpaired) electrons. The van der Waals surface area contributed by atoms with Crippen LogP contribution in [-0.2, 0) is 22.3 Å². The van der Waals surface area contributed by atoms with Gasteiger partial charge in [0.05, 0.1) is 39.4 Å². The van der Waals surface area contributed by atoms with Gasteiger partial charge in [0.2, 0.25) is 0 Å². The molecule has 1 fully saturated rings. The number of halogens is 2. The molecule has 188 valence electrons. The Hall–Kier alpha value is -1.10. The average Bonchev–Trinajstić information content (AvgIpc) is 2.86. The number of hydrogen-bond donors (Lipinski definition) is 0. The van der Waals surface area contributed by atoms with Crippen molar-refractivity contribution in [1.82, 2.24) is 0 Å². The van der Waals surface area contributed by atoms with Gasteiger partial charge in [-0.2, -0.15) is 0 Å². The van der Waals surface area contributed by atoms with E-state index in [4.69, 9.17) is 32.7 Å². The zero-order chi connectivity index (χ0) is 23.9. The highest BCUT2D eigenvalue weighted by Crippen LogP contribution is 2.20. The summed E-state index contributed by atoms with van der Waals surface area (Å²) in [6.07, 6.45) is 10.7. The molecule has 0 unspecified atom stereocenters. The lowest BCUT2D eigenvalue weighted by Crippen LogP contribution is -2.53. The maximum atomic E-state index is 5.96. The van der Waals surface area contributed by atoms with Crippen molar-refractivity contribution in [2.75, 3.05) is 52.6 Å². The first-order valence-corrected chi connectivity index (χ1v) is 13.9. The molecule has 5 heteroatoms. The molecule has 2 aromatic rings. The minimum absolute atomic E-state index is 0.801. The van der Waals surface area contributed by atoms with E-state index in [0.717, 1.165) is 75.0 Å². The Balaban J connectivity index is 1.23. The van der Waals surface area contributed by atoms with Crippen molar-refractivity contribution in [2.45, 2.75) is 57.8 Å². The van der Waals surface area contributed by atoms with Gasteiger partial charge in [-0.3, -0.25) is 0 Å². The number of hydrogen-bond acceptors (Lipinski definition) is 2. The van der Waals surface area contributed by atoms with Crippen LogP contribution in [0.3, 0.4) is 0 Å². The molecule has 3 rings (SSSR count). The largest absolute Gasteiger partial charge is 0.381 e. The van der Waals surface area contributed by atoms with Crippen molar-refractivity contribution < 1.29 is 14.0 Å². The minimum atomic E-state index is 0.801. The normalized spacial score (nSPS) is 15.5. The van der Waals surface area contributed by atoms with E-state index in [1.165, 1.54) is 61.1 Å². The van der Waals surface area contributed by atoms with Crippen LogP contribution in [-0.4, -0.2) is 57.1 Å². The van der Waals surface area contributed by atoms with E-state index in [-0.39, 0.29) is 0 Å². The van der Waals surface area contributed by atoms with Gasteiger partial charge in [0.25, 0.3) is 0 Å². The zero-order valence-electron chi connectivity index (χ0n) is 20.7. The summed E-state index contributed by atoms with van der Waals surface area (Å²) in [5, 5.41) is 1.60. The number of piperidine rings is 1. The summed E-state index contributed by atoms with van der Waals surface area (Å²) < 4.78 is 13.2. The maximum Gasteiger partial charge on any atom is 0.0808 e. The molecule has 0 bridgehead atoms. The van der Waals surface area contributed by atoms with Gasteiger partial charge in [-0.1, -0.05) is 47.5 Å². The number of quaternary nitrogens is 1. The SMILES string of the molecule is Clc1ccc(CCCOCCC[N+]2(CCCOCCCc3ccc(Cl)cc3)CCCCC2)cc1. The summed E-state index contributed by atoms with van der Waals surface area (Å²) in [6.45, 7) is 8.57. The van der Waals surface area contributed by atoms with E-state index >= 15 is 0 Å². The van der Waals surface area contributed by atoms with Crippen LogP contribution < -0.4 is 0 Å². The molecule has 0 aromatic heterocycles. The van der Waals surface area contributed by atoms with Crippen molar-refractivity contribution in [3.63, 3.8) is 0 Å². The van der Waals surface area contributed by atoms with Crippen LogP contribution in [0.25, 0.3) is 0 Å². The molecule has 0 amide bonds. The standard InChI is InChI=1S/C29H42Cl2NO2/c30-28-14-10-26(11-15-28)8-4-22-33-24-6-20-32(18-2-1-3-19-32)21-7-25-34-23-5-9-27-12-16-29(31)17-13-27/h10-17H,1-9,18-25H2/q+1. The van der Waals surface area contributed by atoms with Crippen molar-refractivity contribution in [2.24, 2.45) is 0 Å². The lowest BCUT2D eigenvalue weighted by Gasteiger charge is -2.42. The lowest BCUT2D eigenvalue weighted by molar-refractivity contribution is -0.932. The van der Waals surface area contributed by atoms with E-state index in [0.29, 0.717) is 0 Å². The van der Waals surface area contributed by atoms with Gasteiger partial charge >= 0.3 is 0 Å². The summed E-state index contributed by atoms with van der Waals surface area (Å²) >= 11 is 11.9. The Morgan fingerprint density at radius 2 is 0.971 bits per heavy atom. The van der Waals surface area contributed by atoms with Crippen molar-refractivity contribution in [1.29, 1.82) is 0 Å². The number of benzene rings is 2. The van der Waals surface area contributed by atoms with E-state index in [1.807, 2.05) is 24.3 Å². The molecule has 1 aliphatic rings. The highest BCUT2D eigenvalue weighted by molar-refractivity contribution is 6.30. The predicted octanol–water partition coefficient (Wildman–Crippen LogP) is 7.37. The van der Waals surface area contributed by atoms with Crippen molar-refractivity contribution in [3.05, 3.63) is 69.7 Å². The molecular formula is C29H42Cl2NO2+. The third-order valence-electron chi connectivity index (χ3n) is 6.94. The molecule has 0 N–H and O–H groups in total. The van der Waals surface area contributed by atoms with Crippen LogP contribution >= 0.6 is 23.2 Å². The Morgan fingerprint density at radius 1 is 0.559 bits per heavy atom. The van der Waals surface area contributed by atoms with Crippen LogP contribution in [0.4, 0.5) is 0 Å².